The number of carboxylic acid groups (broad SMARTS) is 1. The predicted molar refractivity (Wildman–Crippen MR) is 51.3 cm³/mol. The number of nitrogen functional groups attached to an aromatic ring is 1. The normalized spacial score (nSPS) is 11.3. The maximum atomic E-state index is 10.4. The summed E-state index contributed by atoms with van der Waals surface area (Å²) < 4.78 is 0. The van der Waals surface area contributed by atoms with Gasteiger partial charge in [-0.25, -0.2) is 9.79 Å². The molecule has 0 heterocycles. The minimum atomic E-state index is -1.04. The molecule has 0 unspecified atom stereocenters. The molecule has 68 valence electrons. The monoisotopic (exact) mass is 178 g/mol. The molecule has 0 atom stereocenters. The largest absolute Gasteiger partial charge is 0.477 e. The number of benzene rings is 1. The molecule has 0 aliphatic carbocycles. The van der Waals surface area contributed by atoms with Crippen LogP contribution >= 0.6 is 0 Å². The SMILES string of the molecule is CC(=Nc1ccccc1N)C(=O)O. The molecule has 0 spiro atoms. The summed E-state index contributed by atoms with van der Waals surface area (Å²) in [5, 5.41) is 8.56. The average Bonchev–Trinajstić information content (AvgIpc) is 2.08. The molecule has 0 amide bonds. The third-order valence-corrected chi connectivity index (χ3v) is 1.53. The molecule has 4 heteroatoms. The van der Waals surface area contributed by atoms with Crippen LogP contribution in [0.3, 0.4) is 0 Å². The van der Waals surface area contributed by atoms with Gasteiger partial charge in [-0.05, 0) is 19.1 Å². The third-order valence-electron chi connectivity index (χ3n) is 1.53. The van der Waals surface area contributed by atoms with E-state index in [-0.39, 0.29) is 5.71 Å². The molecule has 3 N–H and O–H groups in total. The number of hydrogen-bond acceptors (Lipinski definition) is 3. The van der Waals surface area contributed by atoms with Crippen LogP contribution in [0.4, 0.5) is 11.4 Å². The Hall–Kier alpha value is -1.84. The van der Waals surface area contributed by atoms with Crippen molar-refractivity contribution < 1.29 is 9.90 Å². The highest BCUT2D eigenvalue weighted by Gasteiger charge is 2.02. The van der Waals surface area contributed by atoms with Crippen LogP contribution in [0.1, 0.15) is 6.92 Å². The highest BCUT2D eigenvalue weighted by atomic mass is 16.4. The summed E-state index contributed by atoms with van der Waals surface area (Å²) in [7, 11) is 0. The van der Waals surface area contributed by atoms with Crippen LogP contribution in [0.5, 0.6) is 0 Å². The molecule has 1 aromatic rings. The Kier molecular flexibility index (Phi) is 2.64. The van der Waals surface area contributed by atoms with E-state index in [1.807, 2.05) is 0 Å². The zero-order valence-corrected chi connectivity index (χ0v) is 7.19. The molecular weight excluding hydrogens is 168 g/mol. The molecule has 0 saturated carbocycles. The van der Waals surface area contributed by atoms with E-state index < -0.39 is 5.97 Å². The fraction of sp³-hybridized carbons (Fsp3) is 0.111. The van der Waals surface area contributed by atoms with Gasteiger partial charge in [0.25, 0.3) is 0 Å². The maximum Gasteiger partial charge on any atom is 0.349 e. The number of hydrogen-bond donors (Lipinski definition) is 2. The Morgan fingerprint density at radius 3 is 2.62 bits per heavy atom. The molecule has 13 heavy (non-hydrogen) atoms. The van der Waals surface area contributed by atoms with Gasteiger partial charge in [-0.1, -0.05) is 12.1 Å². The first-order valence-electron chi connectivity index (χ1n) is 3.74. The Bertz CT molecular complexity index is 358. The van der Waals surface area contributed by atoms with Gasteiger partial charge in [0, 0.05) is 0 Å². The summed E-state index contributed by atoms with van der Waals surface area (Å²) >= 11 is 0. The lowest BCUT2D eigenvalue weighted by Gasteiger charge is -1.98. The molecule has 1 rings (SSSR count). The molecular formula is C9H10N2O2. The van der Waals surface area contributed by atoms with Gasteiger partial charge in [0.2, 0.25) is 0 Å². The van der Waals surface area contributed by atoms with Gasteiger partial charge in [0.05, 0.1) is 11.4 Å². The van der Waals surface area contributed by atoms with Crippen molar-refractivity contribution in [3.8, 4) is 0 Å². The molecule has 0 aromatic heterocycles. The highest BCUT2D eigenvalue weighted by Crippen LogP contribution is 2.20. The summed E-state index contributed by atoms with van der Waals surface area (Å²) in [5.74, 6) is -1.04. The van der Waals surface area contributed by atoms with Crippen molar-refractivity contribution in [3.05, 3.63) is 24.3 Å². The van der Waals surface area contributed by atoms with E-state index in [1.165, 1.54) is 6.92 Å². The number of anilines is 1. The summed E-state index contributed by atoms with van der Waals surface area (Å²) in [6.07, 6.45) is 0. The standard InChI is InChI=1S/C9H10N2O2/c1-6(9(12)13)11-8-5-3-2-4-7(8)10/h2-5H,10H2,1H3,(H,12,13). The smallest absolute Gasteiger partial charge is 0.349 e. The number of carboxylic acids is 1. The van der Waals surface area contributed by atoms with Crippen LogP contribution in [0, 0.1) is 0 Å². The Labute approximate surface area is 75.7 Å². The number of aliphatic carboxylic acids is 1. The van der Waals surface area contributed by atoms with Gasteiger partial charge in [0.1, 0.15) is 5.71 Å². The fourth-order valence-electron chi connectivity index (χ4n) is 0.818. The first-order chi connectivity index (χ1) is 6.11. The Morgan fingerprint density at radius 2 is 2.08 bits per heavy atom. The second-order valence-corrected chi connectivity index (χ2v) is 2.56. The van der Waals surface area contributed by atoms with Crippen molar-refractivity contribution in [1.29, 1.82) is 0 Å². The predicted octanol–water partition coefficient (Wildman–Crippen LogP) is 1.45. The van der Waals surface area contributed by atoms with Gasteiger partial charge in [-0.3, -0.25) is 0 Å². The number of para-hydroxylation sites is 2. The van der Waals surface area contributed by atoms with Gasteiger partial charge in [0.15, 0.2) is 0 Å². The zero-order chi connectivity index (χ0) is 9.84. The van der Waals surface area contributed by atoms with Gasteiger partial charge < -0.3 is 10.8 Å². The minimum Gasteiger partial charge on any atom is -0.477 e. The lowest BCUT2D eigenvalue weighted by Crippen LogP contribution is -2.07. The van der Waals surface area contributed by atoms with E-state index in [4.69, 9.17) is 10.8 Å². The summed E-state index contributed by atoms with van der Waals surface area (Å²) in [4.78, 5) is 14.3. The van der Waals surface area contributed by atoms with E-state index in [0.717, 1.165) is 0 Å². The average molecular weight is 178 g/mol. The minimum absolute atomic E-state index is 0.0258. The van der Waals surface area contributed by atoms with Crippen molar-refractivity contribution in [3.63, 3.8) is 0 Å². The first-order valence-corrected chi connectivity index (χ1v) is 3.74. The molecule has 0 radical (unpaired) electrons. The van der Waals surface area contributed by atoms with E-state index in [9.17, 15) is 4.79 Å². The molecule has 0 saturated heterocycles. The highest BCUT2D eigenvalue weighted by molar-refractivity contribution is 6.35. The van der Waals surface area contributed by atoms with Crippen molar-refractivity contribution in [2.45, 2.75) is 6.92 Å². The van der Waals surface area contributed by atoms with Crippen LogP contribution in [0.2, 0.25) is 0 Å². The van der Waals surface area contributed by atoms with E-state index in [1.54, 1.807) is 24.3 Å². The second kappa shape index (κ2) is 3.71. The summed E-state index contributed by atoms with van der Waals surface area (Å²) in [6.45, 7) is 1.43. The number of carbonyl (C=O) groups is 1. The van der Waals surface area contributed by atoms with Crippen LogP contribution in [0.25, 0.3) is 0 Å². The zero-order valence-electron chi connectivity index (χ0n) is 7.19. The molecule has 4 nitrogen and oxygen atoms in total. The molecule has 0 aliphatic heterocycles. The fourth-order valence-corrected chi connectivity index (χ4v) is 0.818. The van der Waals surface area contributed by atoms with Crippen LogP contribution in [-0.2, 0) is 4.79 Å². The number of rotatable bonds is 2. The number of nitrogens with zero attached hydrogens (tertiary/aromatic N) is 1. The van der Waals surface area contributed by atoms with Crippen LogP contribution in [-0.4, -0.2) is 16.8 Å². The third kappa shape index (κ3) is 2.30. The molecule has 1 aromatic carbocycles. The van der Waals surface area contributed by atoms with E-state index in [0.29, 0.717) is 11.4 Å². The van der Waals surface area contributed by atoms with Crippen molar-refractivity contribution >= 4 is 23.1 Å². The quantitative estimate of drug-likeness (QED) is 0.531. The summed E-state index contributed by atoms with van der Waals surface area (Å²) in [5.41, 5.74) is 6.56. The lowest BCUT2D eigenvalue weighted by atomic mass is 10.3. The summed E-state index contributed by atoms with van der Waals surface area (Å²) in [6, 6.07) is 6.87. The molecule has 0 aliphatic rings. The Morgan fingerprint density at radius 1 is 1.46 bits per heavy atom. The number of nitrogens with two attached hydrogens (primary N) is 1. The van der Waals surface area contributed by atoms with E-state index >= 15 is 0 Å². The van der Waals surface area contributed by atoms with Gasteiger partial charge >= 0.3 is 5.97 Å². The Balaban J connectivity index is 3.04. The maximum absolute atomic E-state index is 10.4. The molecule has 0 fully saturated rings. The number of aliphatic imine (C=N–C) groups is 1. The van der Waals surface area contributed by atoms with Crippen molar-refractivity contribution in [2.24, 2.45) is 4.99 Å². The van der Waals surface area contributed by atoms with Crippen LogP contribution < -0.4 is 5.73 Å². The van der Waals surface area contributed by atoms with E-state index in [2.05, 4.69) is 4.99 Å². The second-order valence-electron chi connectivity index (χ2n) is 2.56. The van der Waals surface area contributed by atoms with Crippen molar-refractivity contribution in [1.82, 2.24) is 0 Å². The van der Waals surface area contributed by atoms with Crippen molar-refractivity contribution in [2.75, 3.05) is 5.73 Å². The van der Waals surface area contributed by atoms with Crippen LogP contribution in [0.15, 0.2) is 29.3 Å². The molecule has 0 bridgehead atoms. The lowest BCUT2D eigenvalue weighted by molar-refractivity contribution is -0.129. The first kappa shape index (κ1) is 9.25. The van der Waals surface area contributed by atoms with Gasteiger partial charge in [-0.15, -0.1) is 0 Å². The van der Waals surface area contributed by atoms with Gasteiger partial charge in [-0.2, -0.15) is 0 Å². The topological polar surface area (TPSA) is 75.7 Å².